The van der Waals surface area contributed by atoms with E-state index in [1.807, 2.05) is 7.05 Å². The van der Waals surface area contributed by atoms with E-state index in [9.17, 15) is 24.9 Å². The van der Waals surface area contributed by atoms with E-state index in [1.165, 1.54) is 14.0 Å². The van der Waals surface area contributed by atoms with Crippen molar-refractivity contribution in [2.24, 2.45) is 34.5 Å². The first-order valence-corrected chi connectivity index (χ1v) is 15.8. The van der Waals surface area contributed by atoms with Crippen LogP contribution in [0.1, 0.15) is 30.1 Å². The summed E-state index contributed by atoms with van der Waals surface area (Å²) in [5.74, 6) is -3.66. The third kappa shape index (κ3) is 3.55. The molecular weight excluding hydrogens is 586 g/mol. The molecule has 7 rings (SSSR count). The van der Waals surface area contributed by atoms with Gasteiger partial charge in [-0.05, 0) is 31.5 Å². The number of fused-ring (bicyclic) bond motifs is 2. The molecule has 12 heteroatoms. The van der Waals surface area contributed by atoms with Crippen LogP contribution in [0.25, 0.3) is 0 Å². The topological polar surface area (TPSA) is 153 Å². The van der Waals surface area contributed by atoms with Gasteiger partial charge in [0.1, 0.15) is 23.9 Å². The van der Waals surface area contributed by atoms with E-state index in [1.54, 1.807) is 51.7 Å². The summed E-state index contributed by atoms with van der Waals surface area (Å²) < 4.78 is 37.2. The number of esters is 2. The molecule has 0 aromatic heterocycles. The molecule has 6 aliphatic rings. The first kappa shape index (κ1) is 31.4. The predicted molar refractivity (Wildman–Crippen MR) is 156 cm³/mol. The van der Waals surface area contributed by atoms with Crippen LogP contribution in [0.5, 0.6) is 0 Å². The Kier molecular flexibility index (Phi) is 7.28. The number of hydrogen-bond donors (Lipinski definition) is 3. The van der Waals surface area contributed by atoms with Gasteiger partial charge in [0.25, 0.3) is 0 Å². The highest BCUT2D eigenvalue weighted by Gasteiger charge is 2.92. The van der Waals surface area contributed by atoms with Crippen LogP contribution in [-0.2, 0) is 33.2 Å². The molecule has 12 nitrogen and oxygen atoms in total. The fraction of sp³-hybridized carbons (Fsp3) is 0.758. The minimum absolute atomic E-state index is 0.0754. The number of aliphatic hydroxyl groups excluding tert-OH is 2. The summed E-state index contributed by atoms with van der Waals surface area (Å²) in [4.78, 5) is 29.1. The minimum atomic E-state index is -1.83. The van der Waals surface area contributed by atoms with Crippen LogP contribution in [-0.4, -0.2) is 135 Å². The number of nitrogens with zero attached hydrogens (tertiary/aromatic N) is 1. The highest BCUT2D eigenvalue weighted by atomic mass is 16.6. The smallest absolute Gasteiger partial charge is 0.338 e. The van der Waals surface area contributed by atoms with E-state index in [4.69, 9.17) is 28.4 Å². The number of benzene rings is 1. The second kappa shape index (κ2) is 10.4. The molecule has 45 heavy (non-hydrogen) atoms. The van der Waals surface area contributed by atoms with Crippen LogP contribution in [0, 0.1) is 34.5 Å². The second-order valence-electron chi connectivity index (χ2n) is 14.3. The number of aliphatic hydroxyl groups is 3. The molecule has 1 aromatic rings. The van der Waals surface area contributed by atoms with Crippen molar-refractivity contribution in [2.45, 2.75) is 73.6 Å². The fourth-order valence-electron chi connectivity index (χ4n) is 12.2. The normalized spacial score (nSPS) is 50.7. The van der Waals surface area contributed by atoms with Crippen molar-refractivity contribution in [3.63, 3.8) is 0 Å². The first-order chi connectivity index (χ1) is 21.4. The first-order valence-electron chi connectivity index (χ1n) is 15.8. The van der Waals surface area contributed by atoms with Crippen LogP contribution in [0.2, 0.25) is 0 Å². The summed E-state index contributed by atoms with van der Waals surface area (Å²) >= 11 is 0. The summed E-state index contributed by atoms with van der Waals surface area (Å²) in [5.41, 5.74) is -4.79. The number of carbonyl (C=O) groups is 2. The Hall–Kier alpha value is -2.16. The van der Waals surface area contributed by atoms with E-state index in [0.717, 1.165) is 0 Å². The maximum absolute atomic E-state index is 13.7. The molecule has 0 amide bonds. The standard InChI is InChI=1S/C33H45NO11/c1-16(35)45-33-21-18(13-31(39,28(43-6)26(33)37)27(21)44-29(38)17-10-8-7-9-11-17)32-20(41-4)12-19(36)30(15-40-3)14-34(2)25(32)22(33)23(42-5)24(30)32/h7-11,18-28,36-37,39H,12-15H2,1-6H3/t18-,19-,20?,21-,22?,23?,24-,25?,26+,27-,28+,30+,31-,32?,33-/m1/s1. The van der Waals surface area contributed by atoms with Crippen molar-refractivity contribution in [1.29, 1.82) is 0 Å². The number of carbonyl (C=O) groups excluding carboxylic acids is 2. The summed E-state index contributed by atoms with van der Waals surface area (Å²) in [7, 11) is 8.20. The molecule has 248 valence electrons. The van der Waals surface area contributed by atoms with Crippen LogP contribution in [0.3, 0.4) is 0 Å². The Morgan fingerprint density at radius 2 is 1.71 bits per heavy atom. The van der Waals surface area contributed by atoms with Crippen molar-refractivity contribution in [1.82, 2.24) is 4.90 Å². The number of hydrogen-bond acceptors (Lipinski definition) is 12. The molecule has 6 fully saturated rings. The molecule has 1 aliphatic heterocycles. The largest absolute Gasteiger partial charge is 0.455 e. The van der Waals surface area contributed by atoms with Gasteiger partial charge in [-0.2, -0.15) is 0 Å². The average Bonchev–Trinajstić information content (AvgIpc) is 3.40. The Labute approximate surface area is 262 Å². The van der Waals surface area contributed by atoms with Crippen LogP contribution in [0.15, 0.2) is 30.3 Å². The van der Waals surface area contributed by atoms with Gasteiger partial charge >= 0.3 is 11.9 Å². The van der Waals surface area contributed by atoms with Crippen molar-refractivity contribution >= 4 is 11.9 Å². The second-order valence-corrected chi connectivity index (χ2v) is 14.3. The number of methoxy groups -OCH3 is 4. The van der Waals surface area contributed by atoms with Gasteiger partial charge in [0.05, 0.1) is 30.5 Å². The van der Waals surface area contributed by atoms with E-state index < -0.39 is 88.3 Å². The van der Waals surface area contributed by atoms with Gasteiger partial charge in [-0.1, -0.05) is 18.2 Å². The van der Waals surface area contributed by atoms with Gasteiger partial charge in [0.2, 0.25) is 0 Å². The maximum atomic E-state index is 13.7. The van der Waals surface area contributed by atoms with Gasteiger partial charge in [0.15, 0.2) is 5.60 Å². The lowest BCUT2D eigenvalue weighted by Gasteiger charge is -2.70. The third-order valence-electron chi connectivity index (χ3n) is 12.9. The summed E-state index contributed by atoms with van der Waals surface area (Å²) in [6, 6.07) is 8.15. The Balaban J connectivity index is 1.52. The zero-order chi connectivity index (χ0) is 32.3. The van der Waals surface area contributed by atoms with Crippen molar-refractivity contribution in [3.05, 3.63) is 35.9 Å². The molecule has 5 aliphatic carbocycles. The Bertz CT molecular complexity index is 1350. The van der Waals surface area contributed by atoms with Crippen molar-refractivity contribution < 1.29 is 53.3 Å². The molecule has 15 atom stereocenters. The molecular formula is C33H45NO11. The molecule has 0 radical (unpaired) electrons. The lowest BCUT2D eigenvalue weighted by molar-refractivity contribution is -0.321. The van der Waals surface area contributed by atoms with Crippen LogP contribution in [0.4, 0.5) is 0 Å². The van der Waals surface area contributed by atoms with Crippen molar-refractivity contribution in [2.75, 3.05) is 48.6 Å². The quantitative estimate of drug-likeness (QED) is 0.337. The molecule has 1 aromatic carbocycles. The lowest BCUT2D eigenvalue weighted by Crippen LogP contribution is -2.81. The van der Waals surface area contributed by atoms with Crippen LogP contribution < -0.4 is 0 Å². The van der Waals surface area contributed by atoms with Gasteiger partial charge in [0, 0.05) is 83.0 Å². The molecule has 1 heterocycles. The number of piperidine rings is 1. The molecule has 5 saturated carbocycles. The van der Waals surface area contributed by atoms with E-state index >= 15 is 0 Å². The van der Waals surface area contributed by atoms with Crippen LogP contribution >= 0.6 is 0 Å². The maximum Gasteiger partial charge on any atom is 0.338 e. The van der Waals surface area contributed by atoms with E-state index in [2.05, 4.69) is 4.90 Å². The van der Waals surface area contributed by atoms with Gasteiger partial charge in [-0.3, -0.25) is 4.79 Å². The number of rotatable bonds is 8. The van der Waals surface area contributed by atoms with E-state index in [-0.39, 0.29) is 25.0 Å². The highest BCUT2D eigenvalue weighted by molar-refractivity contribution is 5.89. The Morgan fingerprint density at radius 3 is 2.31 bits per heavy atom. The number of ether oxygens (including phenoxy) is 6. The molecule has 5 unspecified atom stereocenters. The molecule has 1 saturated heterocycles. The fourth-order valence-corrected chi connectivity index (χ4v) is 12.2. The molecule has 7 bridgehead atoms. The predicted octanol–water partition coefficient (Wildman–Crippen LogP) is 0.258. The zero-order valence-electron chi connectivity index (χ0n) is 26.6. The number of likely N-dealkylation sites (tertiary alicyclic amines) is 1. The van der Waals surface area contributed by atoms with Gasteiger partial charge < -0.3 is 48.6 Å². The molecule has 3 N–H and O–H groups in total. The lowest BCUT2D eigenvalue weighted by atomic mass is 9.42. The minimum Gasteiger partial charge on any atom is -0.455 e. The summed E-state index contributed by atoms with van der Waals surface area (Å²) in [6.45, 7) is 2.00. The zero-order valence-corrected chi connectivity index (χ0v) is 26.6. The third-order valence-corrected chi connectivity index (χ3v) is 12.9. The highest BCUT2D eigenvalue weighted by Crippen LogP contribution is 2.80. The van der Waals surface area contributed by atoms with Gasteiger partial charge in [-0.15, -0.1) is 0 Å². The average molecular weight is 632 g/mol. The van der Waals surface area contributed by atoms with Crippen molar-refractivity contribution in [3.8, 4) is 0 Å². The monoisotopic (exact) mass is 631 g/mol. The van der Waals surface area contributed by atoms with Gasteiger partial charge in [-0.25, -0.2) is 4.79 Å². The van der Waals surface area contributed by atoms with E-state index in [0.29, 0.717) is 18.5 Å². The SMILES string of the molecule is COC[C@]12CN(C)C3C4C(OC)[C@H]1C3(C(OC)C[C@H]2O)[C@@H]1C[C@@]2(O)[C@H](OC(=O)c3ccccc3)[C@@H]1[C@]4(OC(C)=O)[C@@H](O)[C@@H]2OC. The Morgan fingerprint density at radius 1 is 1.00 bits per heavy atom. The summed E-state index contributed by atoms with van der Waals surface area (Å²) in [6.07, 6.45) is -5.50. The molecule has 1 spiro atoms. The summed E-state index contributed by atoms with van der Waals surface area (Å²) in [5, 5.41) is 37.0.